The van der Waals surface area contributed by atoms with E-state index in [0.717, 1.165) is 22.2 Å². The van der Waals surface area contributed by atoms with Gasteiger partial charge in [0.15, 0.2) is 5.82 Å². The van der Waals surface area contributed by atoms with Gasteiger partial charge in [-0.3, -0.25) is 9.69 Å². The highest BCUT2D eigenvalue weighted by Crippen LogP contribution is 2.24. The molecule has 0 radical (unpaired) electrons. The Morgan fingerprint density at radius 1 is 1.30 bits per heavy atom. The molecule has 1 atom stereocenters. The minimum Gasteiger partial charge on any atom is -0.376 e. The number of ether oxygens (including phenoxy) is 1. The molecule has 2 aliphatic heterocycles. The van der Waals surface area contributed by atoms with Gasteiger partial charge in [-0.15, -0.1) is 0 Å². The average Bonchev–Trinajstić information content (AvgIpc) is 3.34. The topological polar surface area (TPSA) is 98.5 Å². The maximum Gasteiger partial charge on any atom is 0.365 e. The van der Waals surface area contributed by atoms with Crippen LogP contribution in [-0.2, 0) is 22.6 Å². The highest BCUT2D eigenvalue weighted by atomic mass is 35.5. The summed E-state index contributed by atoms with van der Waals surface area (Å²) >= 11 is 5.88. The van der Waals surface area contributed by atoms with Crippen LogP contribution in [0.3, 0.4) is 0 Å². The van der Waals surface area contributed by atoms with E-state index in [9.17, 15) is 14.4 Å². The van der Waals surface area contributed by atoms with Gasteiger partial charge in [0.25, 0.3) is 0 Å². The van der Waals surface area contributed by atoms with Crippen LogP contribution in [0.25, 0.3) is 0 Å². The van der Waals surface area contributed by atoms with Crippen LogP contribution in [0.2, 0.25) is 5.02 Å². The van der Waals surface area contributed by atoms with Gasteiger partial charge in [-0.2, -0.15) is 9.67 Å². The van der Waals surface area contributed by atoms with Crippen molar-refractivity contribution in [3.8, 4) is 0 Å². The zero-order chi connectivity index (χ0) is 19.0. The largest absolute Gasteiger partial charge is 0.376 e. The second kappa shape index (κ2) is 7.16. The van der Waals surface area contributed by atoms with Crippen LogP contribution in [0.5, 0.6) is 0 Å². The molecule has 9 nitrogen and oxygen atoms in total. The van der Waals surface area contributed by atoms with Crippen molar-refractivity contribution in [2.24, 2.45) is 0 Å². The lowest BCUT2D eigenvalue weighted by Crippen LogP contribution is -2.40. The standard InChI is InChI=1S/C17H18ClN5O4/c18-11-3-5-12(6-4-11)21-9-14-20-16(25)22(23(14)17(21)26)10-15(24)19-8-13-2-1-7-27-13/h3-6,13H,1-2,7-10H2,(H,19,24). The molecule has 1 fully saturated rings. The number of nitrogens with zero attached hydrogens (tertiary/aromatic N) is 4. The molecule has 1 saturated heterocycles. The fourth-order valence-electron chi connectivity index (χ4n) is 3.27. The summed E-state index contributed by atoms with van der Waals surface area (Å²) in [6.07, 6.45) is 1.88. The summed E-state index contributed by atoms with van der Waals surface area (Å²) in [6.45, 7) is 0.962. The zero-order valence-corrected chi connectivity index (χ0v) is 15.2. The molecule has 1 unspecified atom stereocenters. The van der Waals surface area contributed by atoms with Crippen LogP contribution >= 0.6 is 11.6 Å². The molecule has 1 aromatic carbocycles. The summed E-state index contributed by atoms with van der Waals surface area (Å²) in [6, 6.07) is 6.34. The Morgan fingerprint density at radius 3 is 2.78 bits per heavy atom. The van der Waals surface area contributed by atoms with Gasteiger partial charge in [0.05, 0.1) is 12.6 Å². The zero-order valence-electron chi connectivity index (χ0n) is 14.4. The van der Waals surface area contributed by atoms with E-state index in [2.05, 4.69) is 10.3 Å². The Hall–Kier alpha value is -2.65. The van der Waals surface area contributed by atoms with Gasteiger partial charge in [0.1, 0.15) is 6.54 Å². The highest BCUT2D eigenvalue weighted by Gasteiger charge is 2.33. The van der Waals surface area contributed by atoms with Crippen LogP contribution in [-0.4, -0.2) is 45.5 Å². The van der Waals surface area contributed by atoms with Crippen LogP contribution in [0.4, 0.5) is 10.5 Å². The predicted octanol–water partition coefficient (Wildman–Crippen LogP) is 0.982. The number of amides is 2. The minimum absolute atomic E-state index is 0.00357. The van der Waals surface area contributed by atoms with Crippen LogP contribution in [0, 0.1) is 0 Å². The van der Waals surface area contributed by atoms with Gasteiger partial charge in [0.2, 0.25) is 5.91 Å². The third-order valence-corrected chi connectivity index (χ3v) is 4.88. The number of hydrogen-bond acceptors (Lipinski definition) is 5. The van der Waals surface area contributed by atoms with Gasteiger partial charge < -0.3 is 10.1 Å². The minimum atomic E-state index is -0.624. The van der Waals surface area contributed by atoms with E-state index < -0.39 is 11.7 Å². The Labute approximate surface area is 159 Å². The monoisotopic (exact) mass is 391 g/mol. The fraction of sp³-hybridized carbons (Fsp3) is 0.412. The van der Waals surface area contributed by atoms with Gasteiger partial charge in [-0.1, -0.05) is 11.6 Å². The molecule has 0 spiro atoms. The third kappa shape index (κ3) is 3.47. The summed E-state index contributed by atoms with van der Waals surface area (Å²) < 4.78 is 7.66. The van der Waals surface area contributed by atoms with Crippen LogP contribution in [0.1, 0.15) is 18.7 Å². The van der Waals surface area contributed by atoms with Crippen molar-refractivity contribution in [3.05, 3.63) is 45.6 Å². The average molecular weight is 392 g/mol. The molecule has 1 aromatic heterocycles. The highest BCUT2D eigenvalue weighted by molar-refractivity contribution is 6.30. The first-order valence-corrected chi connectivity index (χ1v) is 9.05. The van der Waals surface area contributed by atoms with Crippen molar-refractivity contribution in [2.75, 3.05) is 18.1 Å². The number of carbonyl (C=O) groups excluding carboxylic acids is 2. The number of anilines is 1. The molecule has 2 aromatic rings. The van der Waals surface area contributed by atoms with E-state index in [-0.39, 0.29) is 25.1 Å². The molecule has 2 amide bonds. The molecule has 3 heterocycles. The number of nitrogens with one attached hydrogen (secondary N) is 1. The first kappa shape index (κ1) is 17.7. The molecular weight excluding hydrogens is 374 g/mol. The Bertz CT molecular complexity index is 930. The lowest BCUT2D eigenvalue weighted by molar-refractivity contribution is -0.122. The molecule has 2 aliphatic rings. The Kier molecular flexibility index (Phi) is 4.71. The van der Waals surface area contributed by atoms with E-state index in [1.165, 1.54) is 4.90 Å². The number of halogens is 1. The summed E-state index contributed by atoms with van der Waals surface area (Å²) in [7, 11) is 0. The maximum absolute atomic E-state index is 12.8. The lowest BCUT2D eigenvalue weighted by Gasteiger charge is -2.16. The number of fused-ring (bicyclic) bond motifs is 1. The molecule has 1 N–H and O–H groups in total. The first-order chi connectivity index (χ1) is 13.0. The molecule has 0 bridgehead atoms. The van der Waals surface area contributed by atoms with Crippen molar-refractivity contribution in [1.29, 1.82) is 0 Å². The van der Waals surface area contributed by atoms with Gasteiger partial charge in [-0.25, -0.2) is 14.3 Å². The SMILES string of the molecule is O=C(Cn1c(=O)nc2n1C(=O)N(c1ccc(Cl)cc1)C2)NCC1CCCO1. The first-order valence-electron chi connectivity index (χ1n) is 8.67. The number of aromatic nitrogens is 3. The van der Waals surface area contributed by atoms with Crippen molar-refractivity contribution >= 4 is 29.2 Å². The van der Waals surface area contributed by atoms with Crippen LogP contribution in [0.15, 0.2) is 29.1 Å². The molecular formula is C17H18ClN5O4. The predicted molar refractivity (Wildman–Crippen MR) is 96.9 cm³/mol. The lowest BCUT2D eigenvalue weighted by atomic mass is 10.2. The van der Waals surface area contributed by atoms with Crippen molar-refractivity contribution in [3.63, 3.8) is 0 Å². The Morgan fingerprint density at radius 2 is 2.07 bits per heavy atom. The molecule has 4 rings (SSSR count). The van der Waals surface area contributed by atoms with Crippen molar-refractivity contribution in [1.82, 2.24) is 19.7 Å². The summed E-state index contributed by atoms with van der Waals surface area (Å²) in [5.41, 5.74) is 0.0121. The fourth-order valence-corrected chi connectivity index (χ4v) is 3.39. The normalized spacial score (nSPS) is 18.8. The van der Waals surface area contributed by atoms with E-state index >= 15 is 0 Å². The molecule has 27 heavy (non-hydrogen) atoms. The van der Waals surface area contributed by atoms with Crippen molar-refractivity contribution < 1.29 is 14.3 Å². The quantitative estimate of drug-likeness (QED) is 0.819. The molecule has 10 heteroatoms. The number of benzene rings is 1. The van der Waals surface area contributed by atoms with Gasteiger partial charge in [-0.05, 0) is 37.1 Å². The van der Waals surface area contributed by atoms with Crippen LogP contribution < -0.4 is 15.9 Å². The number of carbonyl (C=O) groups is 2. The number of rotatable bonds is 5. The Balaban J connectivity index is 1.48. The second-order valence-corrected chi connectivity index (χ2v) is 6.90. The molecule has 142 valence electrons. The van der Waals surface area contributed by atoms with E-state index in [0.29, 0.717) is 29.7 Å². The van der Waals surface area contributed by atoms with Gasteiger partial charge >= 0.3 is 11.7 Å². The van der Waals surface area contributed by atoms with E-state index in [1.807, 2.05) is 0 Å². The smallest absolute Gasteiger partial charge is 0.365 e. The third-order valence-electron chi connectivity index (χ3n) is 4.63. The number of hydrogen-bond donors (Lipinski definition) is 1. The summed E-state index contributed by atoms with van der Waals surface area (Å²) in [5.74, 6) is -0.0695. The van der Waals surface area contributed by atoms with Gasteiger partial charge in [0, 0.05) is 23.9 Å². The summed E-state index contributed by atoms with van der Waals surface area (Å²) in [5, 5.41) is 3.30. The maximum atomic E-state index is 12.8. The summed E-state index contributed by atoms with van der Waals surface area (Å²) in [4.78, 5) is 42.5. The van der Waals surface area contributed by atoms with Crippen molar-refractivity contribution in [2.45, 2.75) is 32.0 Å². The second-order valence-electron chi connectivity index (χ2n) is 6.46. The molecule has 0 aliphatic carbocycles. The van der Waals surface area contributed by atoms with E-state index in [4.69, 9.17) is 16.3 Å². The molecule has 0 saturated carbocycles. The van der Waals surface area contributed by atoms with E-state index in [1.54, 1.807) is 24.3 Å².